The van der Waals surface area contributed by atoms with Crippen molar-refractivity contribution < 1.29 is 18.7 Å². The standard InChI is InChI=1S/C18H19F2NO2/c19-16-8-7-13(10-17(16)20)3-2-6-18(23)21-11-14-4-1-5-15(9-14)12-22/h1,4-5,7-10,22H,2-3,6,11-12H2,(H,21,23). The molecule has 0 radical (unpaired) electrons. The average Bonchev–Trinajstić information content (AvgIpc) is 2.56. The second-order valence-electron chi connectivity index (χ2n) is 5.36. The van der Waals surface area contributed by atoms with Crippen molar-refractivity contribution in [2.75, 3.05) is 0 Å². The van der Waals surface area contributed by atoms with Gasteiger partial charge in [0.05, 0.1) is 6.61 Å². The molecule has 0 unspecified atom stereocenters. The van der Waals surface area contributed by atoms with Gasteiger partial charge < -0.3 is 10.4 Å². The van der Waals surface area contributed by atoms with Gasteiger partial charge in [0.25, 0.3) is 0 Å². The lowest BCUT2D eigenvalue weighted by Gasteiger charge is -2.07. The van der Waals surface area contributed by atoms with Crippen molar-refractivity contribution in [3.63, 3.8) is 0 Å². The van der Waals surface area contributed by atoms with E-state index >= 15 is 0 Å². The van der Waals surface area contributed by atoms with Gasteiger partial charge in [-0.3, -0.25) is 4.79 Å². The van der Waals surface area contributed by atoms with Gasteiger partial charge >= 0.3 is 0 Å². The van der Waals surface area contributed by atoms with Gasteiger partial charge in [-0.15, -0.1) is 0 Å². The molecule has 0 aliphatic heterocycles. The third-order valence-electron chi connectivity index (χ3n) is 3.52. The first-order valence-electron chi connectivity index (χ1n) is 7.48. The number of nitrogens with one attached hydrogen (secondary N) is 1. The molecule has 3 nitrogen and oxygen atoms in total. The second-order valence-corrected chi connectivity index (χ2v) is 5.36. The number of carbonyl (C=O) groups excluding carboxylic acids is 1. The molecule has 0 heterocycles. The maximum Gasteiger partial charge on any atom is 0.220 e. The lowest BCUT2D eigenvalue weighted by Crippen LogP contribution is -2.22. The third-order valence-corrected chi connectivity index (χ3v) is 3.52. The van der Waals surface area contributed by atoms with Crippen LogP contribution in [0.2, 0.25) is 0 Å². The van der Waals surface area contributed by atoms with Crippen molar-refractivity contribution in [2.24, 2.45) is 0 Å². The lowest BCUT2D eigenvalue weighted by atomic mass is 10.1. The first-order chi connectivity index (χ1) is 11.1. The van der Waals surface area contributed by atoms with E-state index in [-0.39, 0.29) is 12.5 Å². The maximum atomic E-state index is 13.1. The highest BCUT2D eigenvalue weighted by molar-refractivity contribution is 5.75. The highest BCUT2D eigenvalue weighted by atomic mass is 19.2. The number of hydrogen-bond donors (Lipinski definition) is 2. The molecule has 5 heteroatoms. The van der Waals surface area contributed by atoms with Crippen molar-refractivity contribution in [1.82, 2.24) is 5.32 Å². The van der Waals surface area contributed by atoms with Gasteiger partial charge in [-0.25, -0.2) is 8.78 Å². The molecule has 0 aromatic heterocycles. The van der Waals surface area contributed by atoms with Crippen LogP contribution in [0.1, 0.15) is 29.5 Å². The number of aliphatic hydroxyl groups is 1. The van der Waals surface area contributed by atoms with Gasteiger partial charge in [0.2, 0.25) is 5.91 Å². The summed E-state index contributed by atoms with van der Waals surface area (Å²) >= 11 is 0. The molecule has 0 bridgehead atoms. The second kappa shape index (κ2) is 8.39. The van der Waals surface area contributed by atoms with Crippen LogP contribution in [0.15, 0.2) is 42.5 Å². The van der Waals surface area contributed by atoms with E-state index in [1.165, 1.54) is 6.07 Å². The Kier molecular flexibility index (Phi) is 6.23. The van der Waals surface area contributed by atoms with E-state index in [1.54, 1.807) is 0 Å². The minimum atomic E-state index is -0.865. The fourth-order valence-corrected chi connectivity index (χ4v) is 2.28. The van der Waals surface area contributed by atoms with E-state index in [9.17, 15) is 13.6 Å². The summed E-state index contributed by atoms with van der Waals surface area (Å²) in [6, 6.07) is 11.1. The van der Waals surface area contributed by atoms with E-state index in [0.29, 0.717) is 31.4 Å². The quantitative estimate of drug-likeness (QED) is 0.824. The predicted molar refractivity (Wildman–Crippen MR) is 83.5 cm³/mol. The van der Waals surface area contributed by atoms with Crippen LogP contribution in [0.5, 0.6) is 0 Å². The molecule has 23 heavy (non-hydrogen) atoms. The first kappa shape index (κ1) is 17.1. The minimum absolute atomic E-state index is 0.0317. The molecule has 2 rings (SSSR count). The number of aliphatic hydroxyl groups excluding tert-OH is 1. The predicted octanol–water partition coefficient (Wildman–Crippen LogP) is 3.10. The molecule has 122 valence electrons. The van der Waals surface area contributed by atoms with Gasteiger partial charge in [0.15, 0.2) is 11.6 Å². The van der Waals surface area contributed by atoms with E-state index in [2.05, 4.69) is 5.32 Å². The van der Waals surface area contributed by atoms with Crippen LogP contribution in [-0.2, 0) is 24.4 Å². The molecule has 0 fully saturated rings. The lowest BCUT2D eigenvalue weighted by molar-refractivity contribution is -0.121. The SMILES string of the molecule is O=C(CCCc1ccc(F)c(F)c1)NCc1cccc(CO)c1. The number of benzene rings is 2. The van der Waals surface area contributed by atoms with Gasteiger partial charge in [0, 0.05) is 13.0 Å². The Labute approximate surface area is 134 Å². The minimum Gasteiger partial charge on any atom is -0.392 e. The van der Waals surface area contributed by atoms with Gasteiger partial charge in [0.1, 0.15) is 0 Å². The first-order valence-corrected chi connectivity index (χ1v) is 7.48. The van der Waals surface area contributed by atoms with Crippen LogP contribution >= 0.6 is 0 Å². The van der Waals surface area contributed by atoms with E-state index in [1.807, 2.05) is 24.3 Å². The molecule has 0 saturated heterocycles. The molecular formula is C18H19F2NO2. The van der Waals surface area contributed by atoms with E-state index in [4.69, 9.17) is 5.11 Å². The summed E-state index contributed by atoms with van der Waals surface area (Å²) in [6.07, 6.45) is 1.40. The molecule has 0 aliphatic carbocycles. The van der Waals surface area contributed by atoms with Crippen LogP contribution in [0, 0.1) is 11.6 Å². The number of carbonyl (C=O) groups is 1. The summed E-state index contributed by atoms with van der Waals surface area (Å²) < 4.78 is 25.9. The molecule has 1 amide bonds. The zero-order valence-electron chi connectivity index (χ0n) is 12.7. The Morgan fingerprint density at radius 3 is 2.52 bits per heavy atom. The largest absolute Gasteiger partial charge is 0.392 e. The summed E-state index contributed by atoms with van der Waals surface area (Å²) in [6.45, 7) is 0.369. The van der Waals surface area contributed by atoms with Gasteiger partial charge in [-0.2, -0.15) is 0 Å². The summed E-state index contributed by atoms with van der Waals surface area (Å²) in [5, 5.41) is 11.9. The number of hydrogen-bond acceptors (Lipinski definition) is 2. The zero-order valence-corrected chi connectivity index (χ0v) is 12.7. The van der Waals surface area contributed by atoms with Crippen molar-refractivity contribution in [3.8, 4) is 0 Å². The Bertz CT molecular complexity index is 674. The monoisotopic (exact) mass is 319 g/mol. The fourth-order valence-electron chi connectivity index (χ4n) is 2.28. The molecule has 0 spiro atoms. The van der Waals surface area contributed by atoms with Gasteiger partial charge in [-0.1, -0.05) is 30.3 Å². The Morgan fingerprint density at radius 2 is 1.78 bits per heavy atom. The van der Waals surface area contributed by atoms with Crippen LogP contribution in [0.4, 0.5) is 8.78 Å². The Hall–Kier alpha value is -2.27. The van der Waals surface area contributed by atoms with Gasteiger partial charge in [-0.05, 0) is 41.7 Å². The van der Waals surface area contributed by atoms with Crippen LogP contribution < -0.4 is 5.32 Å². The number of aryl methyl sites for hydroxylation is 1. The van der Waals surface area contributed by atoms with Crippen LogP contribution in [0.3, 0.4) is 0 Å². The summed E-state index contributed by atoms with van der Waals surface area (Å²) in [5.74, 6) is -1.82. The molecule has 2 aromatic rings. The topological polar surface area (TPSA) is 49.3 Å². The third kappa shape index (κ3) is 5.45. The van der Waals surface area contributed by atoms with Crippen LogP contribution in [-0.4, -0.2) is 11.0 Å². The van der Waals surface area contributed by atoms with Crippen molar-refractivity contribution in [2.45, 2.75) is 32.4 Å². The normalized spacial score (nSPS) is 10.6. The summed E-state index contributed by atoms with van der Waals surface area (Å²) in [7, 11) is 0. The van der Waals surface area contributed by atoms with E-state index in [0.717, 1.165) is 23.3 Å². The molecule has 0 saturated carbocycles. The number of halogens is 2. The number of rotatable bonds is 7. The molecular weight excluding hydrogens is 300 g/mol. The highest BCUT2D eigenvalue weighted by Gasteiger charge is 2.05. The number of amides is 1. The van der Waals surface area contributed by atoms with Crippen molar-refractivity contribution >= 4 is 5.91 Å². The Balaban J connectivity index is 1.73. The highest BCUT2D eigenvalue weighted by Crippen LogP contribution is 2.11. The maximum absolute atomic E-state index is 13.1. The smallest absolute Gasteiger partial charge is 0.220 e. The molecule has 0 aliphatic rings. The van der Waals surface area contributed by atoms with Crippen molar-refractivity contribution in [3.05, 3.63) is 70.8 Å². The fraction of sp³-hybridized carbons (Fsp3) is 0.278. The van der Waals surface area contributed by atoms with E-state index < -0.39 is 11.6 Å². The summed E-state index contributed by atoms with van der Waals surface area (Å²) in [4.78, 5) is 11.8. The molecule has 0 atom stereocenters. The van der Waals surface area contributed by atoms with Crippen molar-refractivity contribution in [1.29, 1.82) is 0 Å². The van der Waals surface area contributed by atoms with Crippen LogP contribution in [0.25, 0.3) is 0 Å². The molecule has 2 aromatic carbocycles. The summed E-state index contributed by atoms with van der Waals surface area (Å²) in [5.41, 5.74) is 2.40. The Morgan fingerprint density at radius 1 is 1.00 bits per heavy atom. The molecule has 2 N–H and O–H groups in total. The average molecular weight is 319 g/mol. The zero-order chi connectivity index (χ0) is 16.7.